The highest BCUT2D eigenvalue weighted by atomic mass is 16.2. The van der Waals surface area contributed by atoms with Gasteiger partial charge in [0.1, 0.15) is 12.1 Å². The largest absolute Gasteiger partial charge is 0.327 e. The second-order valence-electron chi connectivity index (χ2n) is 6.71. The zero-order valence-corrected chi connectivity index (χ0v) is 15.5. The summed E-state index contributed by atoms with van der Waals surface area (Å²) >= 11 is 0. The van der Waals surface area contributed by atoms with Gasteiger partial charge >= 0.3 is 0 Å². The van der Waals surface area contributed by atoms with Crippen LogP contribution in [-0.2, 0) is 4.79 Å². The number of amides is 2. The normalized spacial score (nSPS) is 14.4. The lowest BCUT2D eigenvalue weighted by atomic mass is 10.1. The van der Waals surface area contributed by atoms with E-state index in [0.29, 0.717) is 24.3 Å². The zero-order chi connectivity index (χ0) is 19.7. The van der Waals surface area contributed by atoms with Crippen LogP contribution in [0.5, 0.6) is 0 Å². The molecule has 0 bridgehead atoms. The first kappa shape index (κ1) is 18.6. The Hall–Kier alpha value is -3.22. The van der Waals surface area contributed by atoms with Crippen molar-refractivity contribution in [3.63, 3.8) is 0 Å². The van der Waals surface area contributed by atoms with Crippen molar-refractivity contribution < 1.29 is 14.4 Å². The van der Waals surface area contributed by atoms with E-state index in [2.05, 4.69) is 4.98 Å². The van der Waals surface area contributed by atoms with Crippen LogP contribution in [-0.4, -0.2) is 47.1 Å². The van der Waals surface area contributed by atoms with E-state index in [9.17, 15) is 19.2 Å². The number of aromatic amines is 1. The van der Waals surface area contributed by atoms with Gasteiger partial charge in [-0.1, -0.05) is 17.7 Å². The number of carbonyl (C=O) groups is 3. The van der Waals surface area contributed by atoms with E-state index < -0.39 is 11.5 Å². The van der Waals surface area contributed by atoms with Gasteiger partial charge in [0.2, 0.25) is 5.91 Å². The molecule has 0 spiro atoms. The maximum absolute atomic E-state index is 12.8. The Kier molecular flexibility index (Phi) is 4.94. The number of hydrogen-bond acceptors (Lipinski definition) is 4. The molecule has 0 unspecified atom stereocenters. The van der Waals surface area contributed by atoms with Crippen LogP contribution in [0.25, 0.3) is 0 Å². The molecule has 0 atom stereocenters. The monoisotopic (exact) mass is 367 g/mol. The summed E-state index contributed by atoms with van der Waals surface area (Å²) in [5.74, 6) is -0.998. The van der Waals surface area contributed by atoms with Crippen molar-refractivity contribution in [2.45, 2.75) is 20.8 Å². The van der Waals surface area contributed by atoms with E-state index in [1.807, 2.05) is 31.2 Å². The Morgan fingerprint density at radius 2 is 1.67 bits per heavy atom. The molecule has 27 heavy (non-hydrogen) atoms. The van der Waals surface area contributed by atoms with Crippen LogP contribution in [0.2, 0.25) is 0 Å². The fourth-order valence-electron chi connectivity index (χ4n) is 3.16. The lowest BCUT2D eigenvalue weighted by Crippen LogP contribution is -2.53. The minimum absolute atomic E-state index is 0.116. The van der Waals surface area contributed by atoms with E-state index in [4.69, 9.17) is 0 Å². The van der Waals surface area contributed by atoms with Crippen molar-refractivity contribution >= 4 is 23.3 Å². The molecule has 1 saturated heterocycles. The molecule has 1 fully saturated rings. The molecule has 7 heteroatoms. The number of piperazine rings is 1. The van der Waals surface area contributed by atoms with Crippen molar-refractivity contribution in [2.24, 2.45) is 0 Å². The van der Waals surface area contributed by atoms with Crippen LogP contribution < -0.4 is 10.5 Å². The molecule has 7 nitrogen and oxygen atoms in total. The predicted molar refractivity (Wildman–Crippen MR) is 101 cm³/mol. The quantitative estimate of drug-likeness (QED) is 0.836. The topological polar surface area (TPSA) is 90.6 Å². The van der Waals surface area contributed by atoms with Crippen LogP contribution >= 0.6 is 0 Å². The number of H-pyrrole nitrogens is 1. The predicted octanol–water partition coefficient (Wildman–Crippen LogP) is 1.68. The Bertz CT molecular complexity index is 976. The molecule has 0 saturated carbocycles. The van der Waals surface area contributed by atoms with Gasteiger partial charge in [0.25, 0.3) is 11.5 Å². The number of anilines is 1. The van der Waals surface area contributed by atoms with Crippen LogP contribution in [0.1, 0.15) is 38.9 Å². The van der Waals surface area contributed by atoms with E-state index in [0.717, 1.165) is 11.3 Å². The summed E-state index contributed by atoms with van der Waals surface area (Å²) in [7, 11) is 0. The Balaban J connectivity index is 1.81. The van der Waals surface area contributed by atoms with Gasteiger partial charge in [-0.05, 0) is 39.0 Å². The smallest absolute Gasteiger partial charge is 0.261 e. The van der Waals surface area contributed by atoms with Gasteiger partial charge in [0.15, 0.2) is 5.78 Å². The minimum atomic E-state index is -0.559. The average Bonchev–Trinajstić information content (AvgIpc) is 2.62. The lowest BCUT2D eigenvalue weighted by Gasteiger charge is -2.34. The highest BCUT2D eigenvalue weighted by molar-refractivity contribution is 6.03. The number of Topliss-reactive ketones (excluding diaryl/α,β-unsaturated/α-hetero) is 1. The van der Waals surface area contributed by atoms with Crippen molar-refractivity contribution in [3.05, 3.63) is 63.1 Å². The Morgan fingerprint density at radius 1 is 1.00 bits per heavy atom. The fourth-order valence-corrected chi connectivity index (χ4v) is 3.16. The number of aryl methyl sites for hydroxylation is 2. The average molecular weight is 367 g/mol. The number of rotatable bonds is 3. The highest BCUT2D eigenvalue weighted by Gasteiger charge is 2.30. The Morgan fingerprint density at radius 3 is 2.26 bits per heavy atom. The molecule has 3 rings (SSSR count). The first-order valence-corrected chi connectivity index (χ1v) is 8.69. The first-order valence-electron chi connectivity index (χ1n) is 8.69. The van der Waals surface area contributed by atoms with Crippen molar-refractivity contribution in [1.82, 2.24) is 9.88 Å². The number of nitrogens with zero attached hydrogens (tertiary/aromatic N) is 2. The number of pyridine rings is 1. The van der Waals surface area contributed by atoms with Crippen LogP contribution in [0, 0.1) is 13.8 Å². The summed E-state index contributed by atoms with van der Waals surface area (Å²) in [5.41, 5.74) is 1.91. The number of aromatic nitrogens is 1. The van der Waals surface area contributed by atoms with Gasteiger partial charge in [-0.15, -0.1) is 0 Å². The van der Waals surface area contributed by atoms with Crippen LogP contribution in [0.3, 0.4) is 0 Å². The maximum atomic E-state index is 12.8. The van der Waals surface area contributed by atoms with E-state index in [1.54, 1.807) is 11.8 Å². The maximum Gasteiger partial charge on any atom is 0.261 e. The second kappa shape index (κ2) is 7.19. The van der Waals surface area contributed by atoms with Crippen molar-refractivity contribution in [1.29, 1.82) is 0 Å². The molecule has 2 heterocycles. The van der Waals surface area contributed by atoms with Gasteiger partial charge < -0.3 is 14.8 Å². The number of hydrogen-bond donors (Lipinski definition) is 1. The van der Waals surface area contributed by atoms with E-state index in [-0.39, 0.29) is 23.8 Å². The van der Waals surface area contributed by atoms with E-state index in [1.165, 1.54) is 17.9 Å². The minimum Gasteiger partial charge on any atom is -0.327 e. The molecule has 1 aromatic heterocycles. The Labute approximate surface area is 156 Å². The molecule has 1 N–H and O–H groups in total. The summed E-state index contributed by atoms with van der Waals surface area (Å²) in [6.07, 6.45) is 0. The molecule has 0 aliphatic carbocycles. The summed E-state index contributed by atoms with van der Waals surface area (Å²) < 4.78 is 0. The van der Waals surface area contributed by atoms with Crippen molar-refractivity contribution in [2.75, 3.05) is 24.5 Å². The van der Waals surface area contributed by atoms with Gasteiger partial charge in [-0.2, -0.15) is 0 Å². The number of ketones is 1. The number of nitrogens with one attached hydrogen (secondary N) is 1. The molecular formula is C20H21N3O4. The third kappa shape index (κ3) is 3.67. The number of carbonyl (C=O) groups excluding carboxylic acids is 3. The summed E-state index contributed by atoms with van der Waals surface area (Å²) in [4.78, 5) is 54.7. The number of benzene rings is 1. The van der Waals surface area contributed by atoms with Gasteiger partial charge in [0, 0.05) is 30.0 Å². The van der Waals surface area contributed by atoms with Crippen LogP contribution in [0.15, 0.2) is 35.1 Å². The summed E-state index contributed by atoms with van der Waals surface area (Å²) in [5, 5.41) is 0. The van der Waals surface area contributed by atoms with Gasteiger partial charge in [0.05, 0.1) is 0 Å². The highest BCUT2D eigenvalue weighted by Crippen LogP contribution is 2.19. The summed E-state index contributed by atoms with van der Waals surface area (Å²) in [6, 6.07) is 8.91. The SMILES string of the molecule is CC(=O)c1cc(C(=O)N2CCN(c3ccc(C)cc3)C(=O)C2)c(=O)[nH]c1C. The van der Waals surface area contributed by atoms with Gasteiger partial charge in [-0.25, -0.2) is 0 Å². The third-order valence-electron chi connectivity index (χ3n) is 4.70. The third-order valence-corrected chi connectivity index (χ3v) is 4.70. The molecule has 0 radical (unpaired) electrons. The first-order chi connectivity index (χ1) is 12.8. The van der Waals surface area contributed by atoms with Gasteiger partial charge in [-0.3, -0.25) is 19.2 Å². The molecular weight excluding hydrogens is 346 g/mol. The summed E-state index contributed by atoms with van der Waals surface area (Å²) in [6.45, 7) is 5.49. The molecule has 140 valence electrons. The fraction of sp³-hybridized carbons (Fsp3) is 0.300. The lowest BCUT2D eigenvalue weighted by molar-refractivity contribution is -0.120. The molecule has 2 amide bonds. The molecule has 1 aliphatic rings. The van der Waals surface area contributed by atoms with Crippen molar-refractivity contribution in [3.8, 4) is 0 Å². The standard InChI is InChI=1S/C20H21N3O4/c1-12-4-6-15(7-5-12)23-9-8-22(11-18(23)25)20(27)17-10-16(14(3)24)13(2)21-19(17)26/h4-7,10H,8-9,11H2,1-3H3,(H,21,26). The van der Waals surface area contributed by atoms with Crippen LogP contribution in [0.4, 0.5) is 5.69 Å². The molecule has 1 aromatic carbocycles. The zero-order valence-electron chi connectivity index (χ0n) is 15.5. The van der Waals surface area contributed by atoms with E-state index >= 15 is 0 Å². The molecule has 2 aromatic rings. The molecule has 1 aliphatic heterocycles. The second-order valence-corrected chi connectivity index (χ2v) is 6.71.